The van der Waals surface area contributed by atoms with Crippen LogP contribution in [-0.4, -0.2) is 68.7 Å². The van der Waals surface area contributed by atoms with Crippen molar-refractivity contribution in [2.75, 3.05) is 32.5 Å². The van der Waals surface area contributed by atoms with Crippen molar-refractivity contribution in [2.45, 2.75) is 56.5 Å². The molecule has 42 heavy (non-hydrogen) atoms. The van der Waals surface area contributed by atoms with Crippen molar-refractivity contribution in [1.82, 2.24) is 14.9 Å². The Balaban J connectivity index is 1.59. The van der Waals surface area contributed by atoms with Crippen molar-refractivity contribution in [1.29, 1.82) is 0 Å². The summed E-state index contributed by atoms with van der Waals surface area (Å²) in [6.07, 6.45) is 1.12. The number of alkyl carbamates (subject to hydrolysis) is 1. The van der Waals surface area contributed by atoms with Crippen LogP contribution in [0.2, 0.25) is 0 Å². The third-order valence-corrected chi connectivity index (χ3v) is 8.89. The van der Waals surface area contributed by atoms with Gasteiger partial charge in [-0.05, 0) is 59.4 Å². The first-order valence-electron chi connectivity index (χ1n) is 14.1. The van der Waals surface area contributed by atoms with Gasteiger partial charge in [-0.2, -0.15) is 4.31 Å². The van der Waals surface area contributed by atoms with E-state index in [0.717, 1.165) is 16.3 Å². The minimum Gasteiger partial charge on any atom is -0.453 e. The Hall–Kier alpha value is -3.67. The zero-order chi connectivity index (χ0) is 30.7. The van der Waals surface area contributed by atoms with Crippen LogP contribution in [0.25, 0.3) is 10.8 Å². The van der Waals surface area contributed by atoms with E-state index in [4.69, 9.17) is 10.5 Å². The maximum atomic E-state index is 13.4. The lowest BCUT2D eigenvalue weighted by Gasteiger charge is -2.31. The lowest BCUT2D eigenvalue weighted by atomic mass is 10.0. The monoisotopic (exact) mass is 598 g/mol. The molecule has 0 radical (unpaired) electrons. The molecule has 2 atom stereocenters. The van der Waals surface area contributed by atoms with Crippen molar-refractivity contribution in [3.05, 3.63) is 72.3 Å². The Kier molecular flexibility index (Phi) is 12.1. The summed E-state index contributed by atoms with van der Waals surface area (Å²) < 4.78 is 33.0. The van der Waals surface area contributed by atoms with Crippen LogP contribution in [0, 0.1) is 5.92 Å². The number of sulfonamides is 1. The first kappa shape index (κ1) is 32.8. The predicted molar refractivity (Wildman–Crippen MR) is 164 cm³/mol. The van der Waals surface area contributed by atoms with Gasteiger partial charge in [-0.25, -0.2) is 13.2 Å². The van der Waals surface area contributed by atoms with E-state index in [0.29, 0.717) is 31.5 Å². The third-order valence-electron chi connectivity index (χ3n) is 6.96. The number of nitrogens with zero attached hydrogens (tertiary/aromatic N) is 1. The zero-order valence-corrected chi connectivity index (χ0v) is 25.3. The molecule has 3 rings (SSSR count). The number of fused-ring (bicyclic) bond motifs is 1. The highest BCUT2D eigenvalue weighted by molar-refractivity contribution is 7.89. The number of nitrogen functional groups attached to an aromatic ring is 1. The van der Waals surface area contributed by atoms with Crippen molar-refractivity contribution in [2.24, 2.45) is 5.92 Å². The van der Waals surface area contributed by atoms with Crippen LogP contribution in [0.1, 0.15) is 38.7 Å². The molecule has 0 bridgehead atoms. The van der Waals surface area contributed by atoms with E-state index in [-0.39, 0.29) is 36.3 Å². The Morgan fingerprint density at radius 1 is 1.00 bits per heavy atom. The minimum atomic E-state index is -3.85. The second kappa shape index (κ2) is 15.5. The molecule has 2 amide bonds. The summed E-state index contributed by atoms with van der Waals surface area (Å²) in [5, 5.41) is 17.7. The molecule has 3 aromatic rings. The van der Waals surface area contributed by atoms with E-state index in [1.165, 1.54) is 23.5 Å². The van der Waals surface area contributed by atoms with Crippen LogP contribution >= 0.6 is 0 Å². The standard InChI is InChI=1S/C31H42N4O6S/c1-22(2)20-35(42(39,40)28-15-13-26(32)14-16-28)27(21-36)10-6-7-17-33-30(37)29(34-31(38)41-3)19-23-11-12-24-8-4-5-9-25(24)18-23/h4-5,8-9,11-16,18,22,27,29,36H,6-7,10,17,19-21,32H2,1-3H3,(H,33,37)(H,34,38)/t27-,29-/m0/s1. The number of aliphatic hydroxyl groups is 1. The number of unbranched alkanes of at least 4 members (excludes halogenated alkanes) is 1. The number of aliphatic hydroxyl groups excluding tert-OH is 1. The number of anilines is 1. The lowest BCUT2D eigenvalue weighted by Crippen LogP contribution is -2.48. The van der Waals surface area contributed by atoms with Gasteiger partial charge in [0.2, 0.25) is 15.9 Å². The van der Waals surface area contributed by atoms with Gasteiger partial charge in [0.15, 0.2) is 0 Å². The number of rotatable bonds is 15. The maximum absolute atomic E-state index is 13.4. The van der Waals surface area contributed by atoms with Gasteiger partial charge >= 0.3 is 6.09 Å². The largest absolute Gasteiger partial charge is 0.453 e. The molecule has 0 unspecified atom stereocenters. The van der Waals surface area contributed by atoms with E-state index in [9.17, 15) is 23.1 Å². The van der Waals surface area contributed by atoms with Crippen molar-refractivity contribution >= 4 is 38.5 Å². The first-order valence-corrected chi connectivity index (χ1v) is 15.6. The molecule has 10 nitrogen and oxygen atoms in total. The van der Waals surface area contributed by atoms with E-state index in [1.807, 2.05) is 56.3 Å². The summed E-state index contributed by atoms with van der Waals surface area (Å²) in [4.78, 5) is 25.1. The predicted octanol–water partition coefficient (Wildman–Crippen LogP) is 3.68. The highest BCUT2D eigenvalue weighted by Crippen LogP contribution is 2.23. The van der Waals surface area contributed by atoms with E-state index in [1.54, 1.807) is 12.1 Å². The number of hydrogen-bond acceptors (Lipinski definition) is 7. The number of nitrogens with one attached hydrogen (secondary N) is 2. The summed E-state index contributed by atoms with van der Waals surface area (Å²) in [5.41, 5.74) is 7.09. The Morgan fingerprint density at radius 2 is 1.69 bits per heavy atom. The average molecular weight is 599 g/mol. The highest BCUT2D eigenvalue weighted by Gasteiger charge is 2.31. The topological polar surface area (TPSA) is 151 Å². The number of benzene rings is 3. The summed E-state index contributed by atoms with van der Waals surface area (Å²) in [6.45, 7) is 4.09. The van der Waals surface area contributed by atoms with Crippen LogP contribution < -0.4 is 16.4 Å². The Labute approximate surface area is 248 Å². The van der Waals surface area contributed by atoms with E-state index in [2.05, 4.69) is 10.6 Å². The molecular weight excluding hydrogens is 556 g/mol. The van der Waals surface area contributed by atoms with Crippen LogP contribution in [0.15, 0.2) is 71.6 Å². The minimum absolute atomic E-state index is 0.0451. The molecule has 0 saturated carbocycles. The van der Waals surface area contributed by atoms with Crippen molar-refractivity contribution in [3.63, 3.8) is 0 Å². The fourth-order valence-corrected chi connectivity index (χ4v) is 6.57. The number of nitrogens with two attached hydrogens (primary N) is 1. The Bertz CT molecular complexity index is 1430. The number of amides is 2. The van der Waals surface area contributed by atoms with E-state index < -0.39 is 28.2 Å². The SMILES string of the molecule is COC(=O)N[C@@H](Cc1ccc2ccccc2c1)C(=O)NCCCC[C@@H](CO)N(CC(C)C)S(=O)(=O)c1ccc(N)cc1. The van der Waals surface area contributed by atoms with Gasteiger partial charge < -0.3 is 26.2 Å². The van der Waals surface area contributed by atoms with Gasteiger partial charge in [0.25, 0.3) is 0 Å². The molecule has 0 saturated heterocycles. The van der Waals surface area contributed by atoms with Crippen LogP contribution in [0.3, 0.4) is 0 Å². The van der Waals surface area contributed by atoms with Gasteiger partial charge in [0.05, 0.1) is 18.6 Å². The lowest BCUT2D eigenvalue weighted by molar-refractivity contribution is -0.123. The van der Waals surface area contributed by atoms with Crippen LogP contribution in [0.5, 0.6) is 0 Å². The van der Waals surface area contributed by atoms with Gasteiger partial charge in [-0.3, -0.25) is 4.79 Å². The number of methoxy groups -OCH3 is 1. The zero-order valence-electron chi connectivity index (χ0n) is 24.5. The molecule has 0 aliphatic carbocycles. The number of hydrogen-bond donors (Lipinski definition) is 4. The molecule has 228 valence electrons. The molecule has 0 aromatic heterocycles. The van der Waals surface area contributed by atoms with Gasteiger partial charge in [-0.15, -0.1) is 0 Å². The summed E-state index contributed by atoms with van der Waals surface area (Å²) in [5.74, 6) is -0.302. The number of ether oxygens (including phenoxy) is 1. The average Bonchev–Trinajstić information content (AvgIpc) is 2.97. The molecule has 3 aromatic carbocycles. The van der Waals surface area contributed by atoms with Crippen molar-refractivity contribution < 1.29 is 27.9 Å². The molecule has 0 heterocycles. The summed E-state index contributed by atoms with van der Waals surface area (Å²) in [6, 6.07) is 18.4. The second-order valence-electron chi connectivity index (χ2n) is 10.7. The van der Waals surface area contributed by atoms with Crippen molar-refractivity contribution in [3.8, 4) is 0 Å². The number of carbonyl (C=O) groups is 2. The molecule has 0 aliphatic rings. The number of carbonyl (C=O) groups excluding carboxylic acids is 2. The summed E-state index contributed by atoms with van der Waals surface area (Å²) >= 11 is 0. The molecule has 11 heteroatoms. The normalized spacial score (nSPS) is 13.2. The molecule has 0 fully saturated rings. The van der Waals surface area contributed by atoms with Crippen LogP contribution in [0.4, 0.5) is 10.5 Å². The molecule has 0 aliphatic heterocycles. The Morgan fingerprint density at radius 3 is 2.33 bits per heavy atom. The van der Waals surface area contributed by atoms with Gasteiger partial charge in [-0.1, -0.05) is 62.7 Å². The fraction of sp³-hybridized carbons (Fsp3) is 0.419. The molecule has 0 spiro atoms. The third kappa shape index (κ3) is 9.17. The summed E-state index contributed by atoms with van der Waals surface area (Å²) in [7, 11) is -2.61. The van der Waals surface area contributed by atoms with E-state index >= 15 is 0 Å². The van der Waals surface area contributed by atoms with Gasteiger partial charge in [0.1, 0.15) is 6.04 Å². The maximum Gasteiger partial charge on any atom is 0.407 e. The molecular formula is C31H42N4O6S. The molecule has 5 N–H and O–H groups in total. The quantitative estimate of drug-likeness (QED) is 0.154. The smallest absolute Gasteiger partial charge is 0.407 e. The highest BCUT2D eigenvalue weighted by atomic mass is 32.2. The van der Waals surface area contributed by atoms with Gasteiger partial charge in [0, 0.05) is 31.2 Å². The second-order valence-corrected chi connectivity index (χ2v) is 12.6. The fourth-order valence-electron chi connectivity index (χ4n) is 4.76. The first-order chi connectivity index (χ1) is 20.0. The van der Waals surface area contributed by atoms with Crippen LogP contribution in [-0.2, 0) is 26.0 Å².